The molecule has 192 valence electrons. The van der Waals surface area contributed by atoms with Crippen molar-refractivity contribution >= 4 is 23.0 Å². The summed E-state index contributed by atoms with van der Waals surface area (Å²) in [6.07, 6.45) is 5.24. The van der Waals surface area contributed by atoms with Crippen molar-refractivity contribution in [2.45, 2.75) is 65.1 Å². The molecule has 34 heavy (non-hydrogen) atoms. The zero-order chi connectivity index (χ0) is 25.9. The molecule has 1 aromatic carbocycles. The highest BCUT2D eigenvalue weighted by molar-refractivity contribution is 6.05. The highest BCUT2D eigenvalue weighted by Crippen LogP contribution is 2.16. The number of hydrogen-bond acceptors (Lipinski definition) is 7. The van der Waals surface area contributed by atoms with Gasteiger partial charge in [0.05, 0.1) is 31.9 Å². The Morgan fingerprint density at radius 1 is 1.21 bits per heavy atom. The molecule has 8 heteroatoms. The molecule has 8 nitrogen and oxygen atoms in total. The maximum atomic E-state index is 12.1. The van der Waals surface area contributed by atoms with E-state index >= 15 is 0 Å². The van der Waals surface area contributed by atoms with Crippen molar-refractivity contribution in [3.8, 4) is 0 Å². The number of aliphatic hydroxyl groups is 2. The van der Waals surface area contributed by atoms with E-state index in [-0.39, 0.29) is 18.6 Å². The average Bonchev–Trinajstić information content (AvgIpc) is 2.91. The molecule has 0 spiro atoms. The number of amides is 1. The van der Waals surface area contributed by atoms with Crippen LogP contribution in [0.25, 0.3) is 10.8 Å². The number of hydrogen-bond donors (Lipinski definition) is 3. The van der Waals surface area contributed by atoms with E-state index in [4.69, 9.17) is 14.9 Å². The van der Waals surface area contributed by atoms with Crippen molar-refractivity contribution in [3.05, 3.63) is 42.2 Å². The highest BCUT2D eigenvalue weighted by Gasteiger charge is 2.26. The number of benzene rings is 1. The number of likely N-dealkylation sites (N-methyl/N-ethyl adjacent to an activating group) is 1. The van der Waals surface area contributed by atoms with E-state index in [2.05, 4.69) is 29.2 Å². The minimum atomic E-state index is -0.460. The fraction of sp³-hybridized carbons (Fsp3) is 0.577. The Balaban J connectivity index is 0.000000592. The van der Waals surface area contributed by atoms with Gasteiger partial charge in [-0.2, -0.15) is 0 Å². The number of aliphatic hydroxyl groups excluding tert-OH is 2. The number of rotatable bonds is 7. The first-order valence-corrected chi connectivity index (χ1v) is 12.0. The van der Waals surface area contributed by atoms with Gasteiger partial charge >= 0.3 is 0 Å². The third-order valence-electron chi connectivity index (χ3n) is 5.41. The van der Waals surface area contributed by atoms with Crippen molar-refractivity contribution in [2.75, 3.05) is 34.0 Å². The molecule has 0 saturated carbocycles. The zero-order valence-corrected chi connectivity index (χ0v) is 21.5. The van der Waals surface area contributed by atoms with Crippen LogP contribution in [0.3, 0.4) is 0 Å². The van der Waals surface area contributed by atoms with Crippen molar-refractivity contribution in [3.63, 3.8) is 0 Å². The zero-order valence-electron chi connectivity index (χ0n) is 21.5. The SMILES string of the molecule is CC.CCC(C=O)NC(=O)c1nccc2ccccc12.CCCC1COCC(CO)N1C.CO. The number of fused-ring (bicyclic) bond motifs is 1. The Morgan fingerprint density at radius 3 is 2.44 bits per heavy atom. The highest BCUT2D eigenvalue weighted by atomic mass is 16.5. The summed E-state index contributed by atoms with van der Waals surface area (Å²) in [7, 11) is 3.07. The third kappa shape index (κ3) is 9.85. The summed E-state index contributed by atoms with van der Waals surface area (Å²) in [5.41, 5.74) is 0.355. The van der Waals surface area contributed by atoms with E-state index in [1.807, 2.05) is 51.1 Å². The van der Waals surface area contributed by atoms with Crippen LogP contribution in [0.1, 0.15) is 57.4 Å². The van der Waals surface area contributed by atoms with Crippen LogP contribution in [0, 0.1) is 0 Å². The molecule has 1 aliphatic rings. The van der Waals surface area contributed by atoms with Gasteiger partial charge in [0.15, 0.2) is 0 Å². The number of aromatic nitrogens is 1. The molecule has 3 rings (SSSR count). The second-order valence-electron chi connectivity index (χ2n) is 7.49. The lowest BCUT2D eigenvalue weighted by Crippen LogP contribution is -2.51. The van der Waals surface area contributed by atoms with Crippen LogP contribution in [0.4, 0.5) is 0 Å². The Labute approximate surface area is 204 Å². The Morgan fingerprint density at radius 2 is 1.85 bits per heavy atom. The number of morpholine rings is 1. The van der Waals surface area contributed by atoms with Crippen LogP contribution in [-0.2, 0) is 9.53 Å². The van der Waals surface area contributed by atoms with Crippen molar-refractivity contribution < 1.29 is 24.5 Å². The number of carbonyl (C=O) groups excluding carboxylic acids is 2. The molecule has 1 fully saturated rings. The summed E-state index contributed by atoms with van der Waals surface area (Å²) in [5, 5.41) is 20.4. The van der Waals surface area contributed by atoms with Crippen LogP contribution in [0.2, 0.25) is 0 Å². The van der Waals surface area contributed by atoms with Crippen LogP contribution >= 0.6 is 0 Å². The first-order chi connectivity index (χ1) is 16.5. The van der Waals surface area contributed by atoms with Gasteiger partial charge in [-0.15, -0.1) is 0 Å². The Kier molecular flexibility index (Phi) is 17.6. The maximum absolute atomic E-state index is 12.1. The third-order valence-corrected chi connectivity index (χ3v) is 5.41. The van der Waals surface area contributed by atoms with Crippen LogP contribution < -0.4 is 5.32 Å². The Bertz CT molecular complexity index is 811. The number of nitrogens with one attached hydrogen (secondary N) is 1. The number of nitrogens with zero attached hydrogens (tertiary/aromatic N) is 2. The summed E-state index contributed by atoms with van der Waals surface area (Å²) in [6.45, 7) is 9.72. The minimum absolute atomic E-state index is 0.204. The molecule has 1 saturated heterocycles. The van der Waals surface area contributed by atoms with Gasteiger partial charge in [0.1, 0.15) is 12.0 Å². The van der Waals surface area contributed by atoms with Crippen molar-refractivity contribution in [1.29, 1.82) is 0 Å². The van der Waals surface area contributed by atoms with Gasteiger partial charge in [-0.05, 0) is 31.3 Å². The molecule has 3 unspecified atom stereocenters. The predicted octanol–water partition coefficient (Wildman–Crippen LogP) is 3.05. The van der Waals surface area contributed by atoms with Crippen LogP contribution in [-0.4, -0.2) is 84.4 Å². The summed E-state index contributed by atoms with van der Waals surface area (Å²) < 4.78 is 5.41. The molecule has 0 bridgehead atoms. The Hall–Kier alpha value is -2.39. The molecule has 3 N–H and O–H groups in total. The molecule has 0 aliphatic carbocycles. The van der Waals surface area contributed by atoms with Gasteiger partial charge in [-0.3, -0.25) is 14.7 Å². The van der Waals surface area contributed by atoms with Gasteiger partial charge in [0.25, 0.3) is 5.91 Å². The van der Waals surface area contributed by atoms with Gasteiger partial charge in [-0.1, -0.05) is 58.4 Å². The molecule has 1 aromatic heterocycles. The lowest BCUT2D eigenvalue weighted by atomic mass is 10.1. The monoisotopic (exact) mass is 477 g/mol. The van der Waals surface area contributed by atoms with E-state index in [9.17, 15) is 9.59 Å². The molecule has 0 radical (unpaired) electrons. The summed E-state index contributed by atoms with van der Waals surface area (Å²) >= 11 is 0. The molecular formula is C26H43N3O5. The normalized spacial score (nSPS) is 18.1. The van der Waals surface area contributed by atoms with E-state index in [1.165, 1.54) is 6.42 Å². The minimum Gasteiger partial charge on any atom is -0.400 e. The molecule has 3 atom stereocenters. The van der Waals surface area contributed by atoms with Gasteiger partial charge < -0.3 is 25.1 Å². The molecule has 1 amide bonds. The summed E-state index contributed by atoms with van der Waals surface area (Å²) in [4.78, 5) is 29.1. The average molecular weight is 478 g/mol. The number of pyridine rings is 1. The van der Waals surface area contributed by atoms with Crippen LogP contribution in [0.5, 0.6) is 0 Å². The van der Waals surface area contributed by atoms with Gasteiger partial charge in [0, 0.05) is 24.7 Å². The van der Waals surface area contributed by atoms with Crippen molar-refractivity contribution in [2.24, 2.45) is 0 Å². The number of ether oxygens (including phenoxy) is 1. The fourth-order valence-corrected chi connectivity index (χ4v) is 3.44. The van der Waals surface area contributed by atoms with Gasteiger partial charge in [0.2, 0.25) is 0 Å². The summed E-state index contributed by atoms with van der Waals surface area (Å²) in [5.74, 6) is -0.314. The topological polar surface area (TPSA) is 112 Å². The van der Waals surface area contributed by atoms with E-state index in [0.29, 0.717) is 24.8 Å². The van der Waals surface area contributed by atoms with Crippen LogP contribution in [0.15, 0.2) is 36.5 Å². The quantitative estimate of drug-likeness (QED) is 0.526. The molecule has 1 aliphatic heterocycles. The molecular weight excluding hydrogens is 434 g/mol. The maximum Gasteiger partial charge on any atom is 0.271 e. The standard InChI is InChI=1S/C14H14N2O2.C9H19NO2.C2H6.CH4O/c1-2-11(9-17)16-14(18)13-12-6-4-3-5-10(12)7-8-15-13;1-3-4-8-6-12-7-9(5-11)10(8)2;2*1-2/h3-9,11H,2H2,1H3,(H,16,18);8-9,11H,3-7H2,1-2H3;1-2H3;2H,1H3. The summed E-state index contributed by atoms with van der Waals surface area (Å²) in [6, 6.07) is 9.63. The molecule has 2 aromatic rings. The smallest absolute Gasteiger partial charge is 0.271 e. The fourth-order valence-electron chi connectivity index (χ4n) is 3.44. The number of carbonyl (C=O) groups is 2. The van der Waals surface area contributed by atoms with E-state index in [0.717, 1.165) is 37.2 Å². The second-order valence-corrected chi connectivity index (χ2v) is 7.49. The predicted molar refractivity (Wildman–Crippen MR) is 137 cm³/mol. The van der Waals surface area contributed by atoms with Gasteiger partial charge in [-0.25, -0.2) is 0 Å². The largest absolute Gasteiger partial charge is 0.400 e. The first-order valence-electron chi connectivity index (χ1n) is 12.0. The lowest BCUT2D eigenvalue weighted by molar-refractivity contribution is -0.109. The van der Waals surface area contributed by atoms with Crippen molar-refractivity contribution in [1.82, 2.24) is 15.2 Å². The lowest BCUT2D eigenvalue weighted by Gasteiger charge is -2.38. The second kappa shape index (κ2) is 19.0. The first kappa shape index (κ1) is 31.6. The van der Waals surface area contributed by atoms with E-state index < -0.39 is 6.04 Å². The molecule has 2 heterocycles. The van der Waals surface area contributed by atoms with E-state index in [1.54, 1.807) is 6.20 Å². The number of aldehydes is 1.